The Morgan fingerprint density at radius 2 is 1.81 bits per heavy atom. The summed E-state index contributed by atoms with van der Waals surface area (Å²) in [6.07, 6.45) is -1.15. The average molecular weight is 369 g/mol. The van der Waals surface area contributed by atoms with Crippen molar-refractivity contribution in [1.82, 2.24) is 4.90 Å². The lowest BCUT2D eigenvalue weighted by Crippen LogP contribution is -2.51. The number of morpholine rings is 1. The van der Waals surface area contributed by atoms with Crippen LogP contribution in [0.15, 0.2) is 54.6 Å². The molecule has 0 saturated carbocycles. The minimum atomic E-state index is -1.15. The summed E-state index contributed by atoms with van der Waals surface area (Å²) in [5.41, 5.74) is 1.85. The molecule has 2 aromatic carbocycles. The SMILES string of the molecule is COC(=O)c1ccc(CN2C(=O)CO[C@@H](C(=O)O)[C@H]2c2ccccc2)cc1. The van der Waals surface area contributed by atoms with Crippen molar-refractivity contribution >= 4 is 17.8 Å². The maximum Gasteiger partial charge on any atom is 0.337 e. The molecule has 3 rings (SSSR count). The van der Waals surface area contributed by atoms with Gasteiger partial charge in [0.1, 0.15) is 6.61 Å². The van der Waals surface area contributed by atoms with E-state index in [1.165, 1.54) is 12.0 Å². The number of nitrogens with zero attached hydrogens (tertiary/aromatic N) is 1. The summed E-state index contributed by atoms with van der Waals surface area (Å²) in [4.78, 5) is 37.2. The molecule has 0 spiro atoms. The molecule has 1 saturated heterocycles. The molecule has 0 unspecified atom stereocenters. The first-order chi connectivity index (χ1) is 13.0. The van der Waals surface area contributed by atoms with Gasteiger partial charge < -0.3 is 19.5 Å². The zero-order valence-electron chi connectivity index (χ0n) is 14.7. The standard InChI is InChI=1S/C20H19NO6/c1-26-20(25)15-9-7-13(8-10-15)11-21-16(22)12-27-18(19(23)24)17(21)14-5-3-2-4-6-14/h2-10,17-18H,11-12H2,1H3,(H,23,24)/t17-,18-/m1/s1. The fraction of sp³-hybridized carbons (Fsp3) is 0.250. The van der Waals surface area contributed by atoms with Gasteiger partial charge in [-0.15, -0.1) is 0 Å². The second-order valence-electron chi connectivity index (χ2n) is 6.14. The van der Waals surface area contributed by atoms with Gasteiger partial charge in [0.15, 0.2) is 6.10 Å². The van der Waals surface area contributed by atoms with Crippen LogP contribution in [-0.4, -0.2) is 47.7 Å². The molecule has 2 atom stereocenters. The van der Waals surface area contributed by atoms with Crippen LogP contribution in [0.2, 0.25) is 0 Å². The highest BCUT2D eigenvalue weighted by Gasteiger charge is 2.41. The van der Waals surface area contributed by atoms with Crippen LogP contribution in [0.5, 0.6) is 0 Å². The number of ether oxygens (including phenoxy) is 2. The first-order valence-corrected chi connectivity index (χ1v) is 8.37. The Balaban J connectivity index is 1.91. The van der Waals surface area contributed by atoms with Crippen LogP contribution in [0.1, 0.15) is 27.5 Å². The molecule has 1 aliphatic rings. The Hall–Kier alpha value is -3.19. The molecule has 1 heterocycles. The number of aliphatic carboxylic acids is 1. The van der Waals surface area contributed by atoms with Crippen molar-refractivity contribution in [2.24, 2.45) is 0 Å². The molecule has 1 fully saturated rings. The lowest BCUT2D eigenvalue weighted by Gasteiger charge is -2.39. The predicted molar refractivity (Wildman–Crippen MR) is 94.9 cm³/mol. The lowest BCUT2D eigenvalue weighted by atomic mass is 9.97. The van der Waals surface area contributed by atoms with Crippen LogP contribution in [0, 0.1) is 0 Å². The number of methoxy groups -OCH3 is 1. The minimum Gasteiger partial charge on any atom is -0.479 e. The fourth-order valence-electron chi connectivity index (χ4n) is 3.11. The van der Waals surface area contributed by atoms with Crippen LogP contribution >= 0.6 is 0 Å². The molecule has 1 amide bonds. The van der Waals surface area contributed by atoms with E-state index in [-0.39, 0.29) is 19.1 Å². The Morgan fingerprint density at radius 3 is 2.41 bits per heavy atom. The number of carboxylic acids is 1. The Morgan fingerprint density at radius 1 is 1.15 bits per heavy atom. The average Bonchev–Trinajstić information content (AvgIpc) is 2.69. The van der Waals surface area contributed by atoms with Crippen molar-refractivity contribution in [2.75, 3.05) is 13.7 Å². The van der Waals surface area contributed by atoms with Crippen LogP contribution in [0.3, 0.4) is 0 Å². The molecule has 7 nitrogen and oxygen atoms in total. The first kappa shape index (κ1) is 18.6. The Kier molecular flexibility index (Phi) is 5.52. The van der Waals surface area contributed by atoms with Gasteiger partial charge in [0.05, 0.1) is 18.7 Å². The van der Waals surface area contributed by atoms with Crippen molar-refractivity contribution in [1.29, 1.82) is 0 Å². The third-order valence-electron chi connectivity index (χ3n) is 4.44. The summed E-state index contributed by atoms with van der Waals surface area (Å²) in [5.74, 6) is -1.86. The largest absolute Gasteiger partial charge is 0.479 e. The van der Waals surface area contributed by atoms with Gasteiger partial charge in [-0.05, 0) is 23.3 Å². The molecule has 1 N–H and O–H groups in total. The van der Waals surface area contributed by atoms with Gasteiger partial charge in [0, 0.05) is 6.54 Å². The van der Waals surface area contributed by atoms with E-state index in [2.05, 4.69) is 4.74 Å². The smallest absolute Gasteiger partial charge is 0.337 e. The van der Waals surface area contributed by atoms with Crippen molar-refractivity contribution in [3.8, 4) is 0 Å². The minimum absolute atomic E-state index is 0.201. The van der Waals surface area contributed by atoms with Gasteiger partial charge in [-0.25, -0.2) is 9.59 Å². The number of esters is 1. The summed E-state index contributed by atoms with van der Waals surface area (Å²) in [6, 6.07) is 14.8. The van der Waals surface area contributed by atoms with Crippen LogP contribution in [0.4, 0.5) is 0 Å². The highest BCUT2D eigenvalue weighted by molar-refractivity contribution is 5.89. The van der Waals surface area contributed by atoms with E-state index >= 15 is 0 Å². The van der Waals surface area contributed by atoms with E-state index in [1.54, 1.807) is 48.5 Å². The van der Waals surface area contributed by atoms with Crippen LogP contribution in [0.25, 0.3) is 0 Å². The molecule has 0 bridgehead atoms. The first-order valence-electron chi connectivity index (χ1n) is 8.37. The summed E-state index contributed by atoms with van der Waals surface area (Å²) in [6.45, 7) is -0.0898. The number of hydrogen-bond donors (Lipinski definition) is 1. The normalized spacial score (nSPS) is 19.6. The number of carbonyl (C=O) groups excluding carboxylic acids is 2. The Labute approximate surface area is 156 Å². The quantitative estimate of drug-likeness (QED) is 0.811. The highest BCUT2D eigenvalue weighted by Crippen LogP contribution is 2.31. The molecule has 0 aliphatic carbocycles. The molecule has 140 valence electrons. The molecule has 0 aromatic heterocycles. The number of benzene rings is 2. The second-order valence-corrected chi connectivity index (χ2v) is 6.14. The highest BCUT2D eigenvalue weighted by atomic mass is 16.5. The van der Waals surface area contributed by atoms with Crippen molar-refractivity contribution in [3.05, 3.63) is 71.3 Å². The zero-order chi connectivity index (χ0) is 19.4. The number of amides is 1. The van der Waals surface area contributed by atoms with E-state index < -0.39 is 24.1 Å². The second kappa shape index (κ2) is 8.01. The van der Waals surface area contributed by atoms with Crippen molar-refractivity contribution in [3.63, 3.8) is 0 Å². The van der Waals surface area contributed by atoms with Crippen LogP contribution < -0.4 is 0 Å². The topological polar surface area (TPSA) is 93.1 Å². The third kappa shape index (κ3) is 3.98. The Bertz CT molecular complexity index is 833. The summed E-state index contributed by atoms with van der Waals surface area (Å²) >= 11 is 0. The van der Waals surface area contributed by atoms with Crippen molar-refractivity contribution in [2.45, 2.75) is 18.7 Å². The molecule has 7 heteroatoms. The summed E-state index contributed by atoms with van der Waals surface area (Å²) < 4.78 is 9.97. The van der Waals surface area contributed by atoms with Gasteiger partial charge in [-0.2, -0.15) is 0 Å². The van der Waals surface area contributed by atoms with Gasteiger partial charge in [0.2, 0.25) is 5.91 Å². The number of rotatable bonds is 5. The molecule has 1 aliphatic heterocycles. The fourth-order valence-corrected chi connectivity index (χ4v) is 3.11. The molecule has 0 radical (unpaired) electrons. The van der Waals surface area contributed by atoms with E-state index in [1.807, 2.05) is 6.07 Å². The van der Waals surface area contributed by atoms with E-state index in [4.69, 9.17) is 4.74 Å². The summed E-state index contributed by atoms with van der Waals surface area (Å²) in [5, 5.41) is 9.55. The maximum absolute atomic E-state index is 12.5. The maximum atomic E-state index is 12.5. The monoisotopic (exact) mass is 369 g/mol. The molecular weight excluding hydrogens is 350 g/mol. The van der Waals surface area contributed by atoms with Crippen molar-refractivity contribution < 1.29 is 29.0 Å². The van der Waals surface area contributed by atoms with Gasteiger partial charge in [-0.1, -0.05) is 42.5 Å². The van der Waals surface area contributed by atoms with Gasteiger partial charge >= 0.3 is 11.9 Å². The molecule has 2 aromatic rings. The third-order valence-corrected chi connectivity index (χ3v) is 4.44. The molecule has 27 heavy (non-hydrogen) atoms. The van der Waals surface area contributed by atoms with Gasteiger partial charge in [0.25, 0.3) is 0 Å². The number of carbonyl (C=O) groups is 3. The lowest BCUT2D eigenvalue weighted by molar-refractivity contribution is -0.174. The number of carboxylic acid groups (broad SMARTS) is 1. The summed E-state index contributed by atoms with van der Waals surface area (Å²) in [7, 11) is 1.30. The van der Waals surface area contributed by atoms with E-state index in [0.29, 0.717) is 11.1 Å². The zero-order valence-corrected chi connectivity index (χ0v) is 14.7. The van der Waals surface area contributed by atoms with E-state index in [9.17, 15) is 19.5 Å². The predicted octanol–water partition coefficient (Wildman–Crippen LogP) is 2.03. The van der Waals surface area contributed by atoms with Gasteiger partial charge in [-0.3, -0.25) is 4.79 Å². The van der Waals surface area contributed by atoms with E-state index in [0.717, 1.165) is 5.56 Å². The van der Waals surface area contributed by atoms with Crippen LogP contribution in [-0.2, 0) is 25.6 Å². The molecular formula is C20H19NO6. The number of hydrogen-bond acceptors (Lipinski definition) is 5.